The lowest BCUT2D eigenvalue weighted by Crippen LogP contribution is -2.53. The monoisotopic (exact) mass is 343 g/mol. The van der Waals surface area contributed by atoms with Crippen molar-refractivity contribution in [3.05, 3.63) is 35.4 Å². The highest BCUT2D eigenvalue weighted by Crippen LogP contribution is 2.31. The van der Waals surface area contributed by atoms with Gasteiger partial charge in [0.05, 0.1) is 6.61 Å². The van der Waals surface area contributed by atoms with Gasteiger partial charge in [-0.25, -0.2) is 4.99 Å². The Hall–Kier alpha value is -2.37. The van der Waals surface area contributed by atoms with Crippen LogP contribution in [0.3, 0.4) is 0 Å². The van der Waals surface area contributed by atoms with Crippen LogP contribution in [0.5, 0.6) is 0 Å². The maximum Gasteiger partial charge on any atom is 0.321 e. The third kappa shape index (κ3) is 3.83. The molecular formula is C19H25N3O3. The van der Waals surface area contributed by atoms with Crippen LogP contribution in [0.1, 0.15) is 43.4 Å². The third-order valence-electron chi connectivity index (χ3n) is 4.67. The zero-order valence-electron chi connectivity index (χ0n) is 14.8. The summed E-state index contributed by atoms with van der Waals surface area (Å²) >= 11 is 0. The fraction of sp³-hybridized carbons (Fsp3) is 0.526. The number of hydrogen-bond acceptors (Lipinski definition) is 5. The summed E-state index contributed by atoms with van der Waals surface area (Å²) in [6.45, 7) is 5.73. The van der Waals surface area contributed by atoms with Crippen LogP contribution in [0.4, 0.5) is 0 Å². The Balaban J connectivity index is 1.97. The first-order chi connectivity index (χ1) is 12.1. The van der Waals surface area contributed by atoms with Crippen LogP contribution in [-0.4, -0.2) is 42.4 Å². The number of guanidine groups is 1. The summed E-state index contributed by atoms with van der Waals surface area (Å²) < 4.78 is 5.13. The number of hydrogen-bond donors (Lipinski definition) is 1. The molecule has 0 bridgehead atoms. The molecule has 1 fully saturated rings. The Labute approximate surface area is 148 Å². The Bertz CT molecular complexity index is 680. The van der Waals surface area contributed by atoms with E-state index in [1.165, 1.54) is 6.42 Å². The highest BCUT2D eigenvalue weighted by atomic mass is 16.5. The summed E-state index contributed by atoms with van der Waals surface area (Å²) in [7, 11) is 0. The second-order valence-corrected chi connectivity index (χ2v) is 6.58. The number of aryl methyl sites for hydroxylation is 1. The molecule has 0 saturated carbocycles. The summed E-state index contributed by atoms with van der Waals surface area (Å²) in [5.74, 6) is -1.22. The molecule has 1 aromatic carbocycles. The van der Waals surface area contributed by atoms with E-state index in [1.54, 1.807) is 6.92 Å². The first kappa shape index (κ1) is 17.5. The van der Waals surface area contributed by atoms with Gasteiger partial charge in [-0.2, -0.15) is 0 Å². The highest BCUT2D eigenvalue weighted by molar-refractivity contribution is 6.08. The number of nitrogens with one attached hydrogen (secondary N) is 1. The summed E-state index contributed by atoms with van der Waals surface area (Å²) in [5, 5.41) is 2.83. The number of carbonyl (C=O) groups is 2. The van der Waals surface area contributed by atoms with Crippen molar-refractivity contribution in [2.24, 2.45) is 10.9 Å². The Kier molecular flexibility index (Phi) is 5.36. The number of rotatable bonds is 3. The lowest BCUT2D eigenvalue weighted by Gasteiger charge is -2.35. The second-order valence-electron chi connectivity index (χ2n) is 6.58. The molecule has 6 heteroatoms. The molecule has 0 spiro atoms. The van der Waals surface area contributed by atoms with Crippen molar-refractivity contribution in [3.63, 3.8) is 0 Å². The van der Waals surface area contributed by atoms with Gasteiger partial charge in [0.25, 0.3) is 0 Å². The molecule has 1 amide bonds. The van der Waals surface area contributed by atoms with Crippen LogP contribution < -0.4 is 5.32 Å². The van der Waals surface area contributed by atoms with Crippen LogP contribution >= 0.6 is 0 Å². The van der Waals surface area contributed by atoms with Crippen LogP contribution in [0.15, 0.2) is 29.3 Å². The van der Waals surface area contributed by atoms with Gasteiger partial charge in [-0.15, -0.1) is 0 Å². The van der Waals surface area contributed by atoms with Crippen molar-refractivity contribution >= 4 is 17.8 Å². The first-order valence-corrected chi connectivity index (χ1v) is 8.97. The van der Waals surface area contributed by atoms with Gasteiger partial charge in [0.15, 0.2) is 5.92 Å². The maximum atomic E-state index is 12.7. The number of nitrogens with zero attached hydrogens (tertiary/aromatic N) is 2. The minimum Gasteiger partial charge on any atom is -0.465 e. The van der Waals surface area contributed by atoms with E-state index in [-0.39, 0.29) is 12.5 Å². The third-order valence-corrected chi connectivity index (χ3v) is 4.67. The van der Waals surface area contributed by atoms with Gasteiger partial charge < -0.3 is 9.64 Å². The van der Waals surface area contributed by atoms with Crippen LogP contribution in [0, 0.1) is 12.8 Å². The SMILES string of the molecule is CCOC(=O)[C@H]1C(=O)NC(N2CCCCC2)=N[C@@H]1c1cccc(C)c1. The number of carbonyl (C=O) groups excluding carboxylic acids is 2. The standard InChI is InChI=1S/C19H25N3O3/c1-3-25-18(24)15-16(14-9-7-8-13(2)12-14)20-19(21-17(15)23)22-10-5-4-6-11-22/h7-9,12,15-16H,3-6,10-11H2,1-2H3,(H,20,21,23)/t15-,16-/m1/s1. The minimum absolute atomic E-state index is 0.242. The predicted molar refractivity (Wildman–Crippen MR) is 95.0 cm³/mol. The largest absolute Gasteiger partial charge is 0.465 e. The van der Waals surface area contributed by atoms with E-state index in [0.29, 0.717) is 5.96 Å². The van der Waals surface area contributed by atoms with Gasteiger partial charge in [-0.3, -0.25) is 14.9 Å². The summed E-state index contributed by atoms with van der Waals surface area (Å²) in [5.41, 5.74) is 1.93. The molecule has 2 heterocycles. The van der Waals surface area contributed by atoms with E-state index in [1.807, 2.05) is 31.2 Å². The molecule has 0 aliphatic carbocycles. The molecular weight excluding hydrogens is 318 g/mol. The minimum atomic E-state index is -0.949. The smallest absolute Gasteiger partial charge is 0.321 e. The van der Waals surface area contributed by atoms with Crippen molar-refractivity contribution < 1.29 is 14.3 Å². The van der Waals surface area contributed by atoms with Crippen molar-refractivity contribution in [2.45, 2.75) is 39.2 Å². The van der Waals surface area contributed by atoms with E-state index >= 15 is 0 Å². The van der Waals surface area contributed by atoms with Gasteiger partial charge in [0.1, 0.15) is 6.04 Å². The Morgan fingerprint density at radius 3 is 2.76 bits per heavy atom. The number of aliphatic imine (C=N–C) groups is 1. The topological polar surface area (TPSA) is 71.0 Å². The molecule has 0 aromatic heterocycles. The van der Waals surface area contributed by atoms with E-state index in [9.17, 15) is 9.59 Å². The molecule has 2 aliphatic heterocycles. The summed E-state index contributed by atoms with van der Waals surface area (Å²) in [4.78, 5) is 32.0. The second kappa shape index (κ2) is 7.68. The van der Waals surface area contributed by atoms with Gasteiger partial charge in [-0.1, -0.05) is 29.8 Å². The number of benzene rings is 1. The highest BCUT2D eigenvalue weighted by Gasteiger charge is 2.42. The molecule has 2 aliphatic rings. The molecule has 1 N–H and O–H groups in total. The van der Waals surface area contributed by atoms with E-state index in [0.717, 1.165) is 37.1 Å². The quantitative estimate of drug-likeness (QED) is 0.675. The van der Waals surface area contributed by atoms with Gasteiger partial charge in [0.2, 0.25) is 11.9 Å². The molecule has 25 heavy (non-hydrogen) atoms. The van der Waals surface area contributed by atoms with Crippen molar-refractivity contribution in [2.75, 3.05) is 19.7 Å². The average molecular weight is 343 g/mol. The average Bonchev–Trinajstić information content (AvgIpc) is 2.62. The molecule has 1 aromatic rings. The first-order valence-electron chi connectivity index (χ1n) is 8.97. The molecule has 6 nitrogen and oxygen atoms in total. The Morgan fingerprint density at radius 2 is 2.08 bits per heavy atom. The molecule has 2 atom stereocenters. The number of esters is 1. The fourth-order valence-corrected chi connectivity index (χ4v) is 3.43. The van der Waals surface area contributed by atoms with Crippen LogP contribution in [0.2, 0.25) is 0 Å². The van der Waals surface area contributed by atoms with Crippen LogP contribution in [-0.2, 0) is 14.3 Å². The number of likely N-dealkylation sites (tertiary alicyclic amines) is 1. The molecule has 0 radical (unpaired) electrons. The number of amides is 1. The van der Waals surface area contributed by atoms with Gasteiger partial charge in [0, 0.05) is 13.1 Å². The fourth-order valence-electron chi connectivity index (χ4n) is 3.43. The lowest BCUT2D eigenvalue weighted by molar-refractivity contribution is -0.153. The molecule has 3 rings (SSSR count). The van der Waals surface area contributed by atoms with Crippen molar-refractivity contribution in [1.29, 1.82) is 0 Å². The normalized spacial score (nSPS) is 23.7. The molecule has 134 valence electrons. The maximum absolute atomic E-state index is 12.7. The van der Waals surface area contributed by atoms with E-state index < -0.39 is 17.9 Å². The number of ether oxygens (including phenoxy) is 1. The predicted octanol–water partition coefficient (Wildman–Crippen LogP) is 2.19. The van der Waals surface area contributed by atoms with Crippen LogP contribution in [0.25, 0.3) is 0 Å². The lowest BCUT2D eigenvalue weighted by atomic mass is 9.90. The van der Waals surface area contributed by atoms with Crippen molar-refractivity contribution in [3.8, 4) is 0 Å². The number of piperidine rings is 1. The van der Waals surface area contributed by atoms with E-state index in [2.05, 4.69) is 10.2 Å². The van der Waals surface area contributed by atoms with Crippen molar-refractivity contribution in [1.82, 2.24) is 10.2 Å². The molecule has 1 saturated heterocycles. The molecule has 0 unspecified atom stereocenters. The zero-order valence-corrected chi connectivity index (χ0v) is 14.8. The van der Waals surface area contributed by atoms with Gasteiger partial charge in [-0.05, 0) is 38.7 Å². The van der Waals surface area contributed by atoms with E-state index in [4.69, 9.17) is 9.73 Å². The van der Waals surface area contributed by atoms with Gasteiger partial charge >= 0.3 is 5.97 Å². The summed E-state index contributed by atoms with van der Waals surface area (Å²) in [6, 6.07) is 7.26. The summed E-state index contributed by atoms with van der Waals surface area (Å²) in [6.07, 6.45) is 3.38. The Morgan fingerprint density at radius 1 is 1.32 bits per heavy atom. The zero-order chi connectivity index (χ0) is 17.8.